The standard InChI is InChI=1S/C26H20Cl2N6O4/c27-18-7-10-23(34-15-29-32-33-34)17(13-18)6-11-24(35)31-22(12-16-4-2-1-3-5-16)25(36)30-19-8-9-20(26(37)38)21(28)14-19/h1-11,13-15,22H,12H2,(H,30,36)(H,31,35)(H,37,38)/b11-6+. The van der Waals surface area contributed by atoms with E-state index < -0.39 is 23.8 Å². The topological polar surface area (TPSA) is 139 Å². The largest absolute Gasteiger partial charge is 0.478 e. The Hall–Kier alpha value is -4.54. The van der Waals surface area contributed by atoms with E-state index in [2.05, 4.69) is 26.2 Å². The third kappa shape index (κ3) is 6.81. The van der Waals surface area contributed by atoms with Crippen LogP contribution in [0, 0.1) is 0 Å². The lowest BCUT2D eigenvalue weighted by molar-refractivity contribution is -0.123. The molecule has 1 heterocycles. The van der Waals surface area contributed by atoms with Gasteiger partial charge in [-0.3, -0.25) is 9.59 Å². The van der Waals surface area contributed by atoms with Crippen molar-refractivity contribution in [2.24, 2.45) is 0 Å². The zero-order valence-electron chi connectivity index (χ0n) is 19.6. The molecule has 3 N–H and O–H groups in total. The number of carboxylic acids is 1. The number of carbonyl (C=O) groups excluding carboxylic acids is 2. The highest BCUT2D eigenvalue weighted by Gasteiger charge is 2.21. The zero-order chi connectivity index (χ0) is 27.1. The van der Waals surface area contributed by atoms with Gasteiger partial charge in [-0.2, -0.15) is 4.68 Å². The molecule has 1 atom stereocenters. The molecule has 1 unspecified atom stereocenters. The third-order valence-corrected chi connectivity index (χ3v) is 5.93. The molecular weight excluding hydrogens is 531 g/mol. The molecule has 0 spiro atoms. The number of hydrogen-bond donors (Lipinski definition) is 3. The summed E-state index contributed by atoms with van der Waals surface area (Å²) in [5.41, 5.74) is 2.21. The molecule has 0 saturated heterocycles. The second-order valence-electron chi connectivity index (χ2n) is 8.03. The summed E-state index contributed by atoms with van der Waals surface area (Å²) in [5.74, 6) is -2.22. The quantitative estimate of drug-likeness (QED) is 0.267. The van der Waals surface area contributed by atoms with Gasteiger partial charge in [-0.15, -0.1) is 5.10 Å². The van der Waals surface area contributed by atoms with Gasteiger partial charge in [0.15, 0.2) is 0 Å². The summed E-state index contributed by atoms with van der Waals surface area (Å²) in [6.07, 6.45) is 4.44. The summed E-state index contributed by atoms with van der Waals surface area (Å²) in [6.45, 7) is 0. The number of anilines is 1. The molecule has 0 fully saturated rings. The maximum atomic E-state index is 13.2. The first-order chi connectivity index (χ1) is 18.3. The lowest BCUT2D eigenvalue weighted by Crippen LogP contribution is -2.44. The molecule has 12 heteroatoms. The molecule has 3 aromatic carbocycles. The van der Waals surface area contributed by atoms with Crippen molar-refractivity contribution in [3.05, 3.63) is 106 Å². The van der Waals surface area contributed by atoms with Crippen LogP contribution in [0.5, 0.6) is 0 Å². The lowest BCUT2D eigenvalue weighted by Gasteiger charge is -2.18. The van der Waals surface area contributed by atoms with Gasteiger partial charge in [0.1, 0.15) is 12.4 Å². The van der Waals surface area contributed by atoms with Crippen molar-refractivity contribution >= 4 is 52.7 Å². The summed E-state index contributed by atoms with van der Waals surface area (Å²) < 4.78 is 1.43. The Labute approximate surface area is 226 Å². The molecule has 10 nitrogen and oxygen atoms in total. The van der Waals surface area contributed by atoms with Crippen molar-refractivity contribution in [2.75, 3.05) is 5.32 Å². The van der Waals surface area contributed by atoms with Crippen LogP contribution in [-0.2, 0) is 16.0 Å². The van der Waals surface area contributed by atoms with Gasteiger partial charge in [-0.1, -0.05) is 53.5 Å². The number of amides is 2. The SMILES string of the molecule is O=C(/C=C/c1cc(Cl)ccc1-n1cnnn1)NC(Cc1ccccc1)C(=O)Nc1ccc(C(=O)O)c(Cl)c1. The van der Waals surface area contributed by atoms with Gasteiger partial charge in [-0.25, -0.2) is 4.79 Å². The van der Waals surface area contributed by atoms with Crippen molar-refractivity contribution in [1.29, 1.82) is 0 Å². The fourth-order valence-electron chi connectivity index (χ4n) is 3.58. The fourth-order valence-corrected chi connectivity index (χ4v) is 4.02. The van der Waals surface area contributed by atoms with E-state index in [-0.39, 0.29) is 22.7 Å². The highest BCUT2D eigenvalue weighted by Crippen LogP contribution is 2.22. The van der Waals surface area contributed by atoms with Crippen molar-refractivity contribution in [3.63, 3.8) is 0 Å². The van der Waals surface area contributed by atoms with Crippen LogP contribution in [0.4, 0.5) is 5.69 Å². The highest BCUT2D eigenvalue weighted by molar-refractivity contribution is 6.33. The lowest BCUT2D eigenvalue weighted by atomic mass is 10.0. The van der Waals surface area contributed by atoms with Gasteiger partial charge in [0.05, 0.1) is 16.3 Å². The number of tetrazole rings is 1. The van der Waals surface area contributed by atoms with E-state index in [4.69, 9.17) is 28.3 Å². The number of carbonyl (C=O) groups is 3. The number of aromatic carboxylic acids is 1. The van der Waals surface area contributed by atoms with E-state index in [1.807, 2.05) is 30.3 Å². The Morgan fingerprint density at radius 1 is 1.03 bits per heavy atom. The van der Waals surface area contributed by atoms with Crippen LogP contribution in [-0.4, -0.2) is 49.1 Å². The smallest absolute Gasteiger partial charge is 0.337 e. The van der Waals surface area contributed by atoms with E-state index in [0.717, 1.165) is 5.56 Å². The number of aromatic nitrogens is 4. The monoisotopic (exact) mass is 550 g/mol. The van der Waals surface area contributed by atoms with Gasteiger partial charge in [0, 0.05) is 28.8 Å². The molecule has 1 aromatic heterocycles. The van der Waals surface area contributed by atoms with E-state index in [9.17, 15) is 14.4 Å². The van der Waals surface area contributed by atoms with Gasteiger partial charge in [0.2, 0.25) is 11.8 Å². The minimum Gasteiger partial charge on any atom is -0.478 e. The van der Waals surface area contributed by atoms with Gasteiger partial charge in [-0.05, 0) is 58.5 Å². The van der Waals surface area contributed by atoms with Crippen molar-refractivity contribution in [1.82, 2.24) is 25.5 Å². The molecule has 0 aliphatic rings. The van der Waals surface area contributed by atoms with E-state index >= 15 is 0 Å². The molecule has 0 aliphatic carbocycles. The van der Waals surface area contributed by atoms with Crippen LogP contribution in [0.3, 0.4) is 0 Å². The van der Waals surface area contributed by atoms with Crippen LogP contribution in [0.25, 0.3) is 11.8 Å². The summed E-state index contributed by atoms with van der Waals surface area (Å²) in [7, 11) is 0. The van der Waals surface area contributed by atoms with Crippen LogP contribution < -0.4 is 10.6 Å². The zero-order valence-corrected chi connectivity index (χ0v) is 21.1. The number of nitrogens with one attached hydrogen (secondary N) is 2. The Balaban J connectivity index is 1.53. The minimum absolute atomic E-state index is 0.0261. The van der Waals surface area contributed by atoms with Crippen molar-refractivity contribution in [3.8, 4) is 5.69 Å². The molecule has 4 aromatic rings. The van der Waals surface area contributed by atoms with Crippen LogP contribution in [0.15, 0.2) is 79.1 Å². The maximum Gasteiger partial charge on any atom is 0.337 e. The molecule has 0 saturated carbocycles. The summed E-state index contributed by atoms with van der Waals surface area (Å²) >= 11 is 12.2. The molecule has 192 valence electrons. The first kappa shape index (κ1) is 26.5. The Morgan fingerprint density at radius 2 is 1.82 bits per heavy atom. The molecule has 0 radical (unpaired) electrons. The predicted octanol–water partition coefficient (Wildman–Crippen LogP) is 4.05. The van der Waals surface area contributed by atoms with Gasteiger partial charge in [0.25, 0.3) is 0 Å². The summed E-state index contributed by atoms with van der Waals surface area (Å²) in [4.78, 5) is 37.3. The van der Waals surface area contributed by atoms with Crippen LogP contribution in [0.2, 0.25) is 10.0 Å². The molecule has 4 rings (SSSR count). The number of halogens is 2. The van der Waals surface area contributed by atoms with Gasteiger partial charge >= 0.3 is 5.97 Å². The number of nitrogens with zero attached hydrogens (tertiary/aromatic N) is 4. The van der Waals surface area contributed by atoms with E-state index in [1.165, 1.54) is 35.3 Å². The van der Waals surface area contributed by atoms with E-state index in [0.29, 0.717) is 16.3 Å². The van der Waals surface area contributed by atoms with Crippen molar-refractivity contribution in [2.45, 2.75) is 12.5 Å². The van der Waals surface area contributed by atoms with Crippen molar-refractivity contribution < 1.29 is 19.5 Å². The Bertz CT molecular complexity index is 1490. The minimum atomic E-state index is -1.18. The Kier molecular flexibility index (Phi) is 8.47. The Morgan fingerprint density at radius 3 is 2.50 bits per heavy atom. The number of carboxylic acid groups (broad SMARTS) is 1. The first-order valence-corrected chi connectivity index (χ1v) is 11.9. The summed E-state index contributed by atoms with van der Waals surface area (Å²) in [6, 6.07) is 17.3. The van der Waals surface area contributed by atoms with Gasteiger partial charge < -0.3 is 15.7 Å². The molecule has 0 bridgehead atoms. The molecule has 2 amide bonds. The molecular formula is C26H20Cl2N6O4. The number of rotatable bonds is 9. The molecule has 38 heavy (non-hydrogen) atoms. The van der Waals surface area contributed by atoms with E-state index in [1.54, 1.807) is 24.3 Å². The highest BCUT2D eigenvalue weighted by atomic mass is 35.5. The third-order valence-electron chi connectivity index (χ3n) is 5.38. The average molecular weight is 551 g/mol. The average Bonchev–Trinajstić information content (AvgIpc) is 3.42. The predicted molar refractivity (Wildman–Crippen MR) is 142 cm³/mol. The van der Waals surface area contributed by atoms with Crippen LogP contribution in [0.1, 0.15) is 21.5 Å². The maximum absolute atomic E-state index is 13.2. The summed E-state index contributed by atoms with van der Waals surface area (Å²) in [5, 5.41) is 26.1. The molecule has 0 aliphatic heterocycles. The first-order valence-electron chi connectivity index (χ1n) is 11.2. The normalized spacial score (nSPS) is 11.7. The van der Waals surface area contributed by atoms with Crippen LogP contribution >= 0.6 is 23.2 Å². The second kappa shape index (κ2) is 12.1. The number of hydrogen-bond acceptors (Lipinski definition) is 6. The fraction of sp³-hybridized carbons (Fsp3) is 0.0769. The number of benzene rings is 3. The second-order valence-corrected chi connectivity index (χ2v) is 8.87.